The Morgan fingerprint density at radius 2 is 1.85 bits per heavy atom. The first-order valence-corrected chi connectivity index (χ1v) is 9.08. The van der Waals surface area contributed by atoms with E-state index in [1.54, 1.807) is 13.8 Å². The number of H-pyrrole nitrogens is 1. The van der Waals surface area contributed by atoms with Crippen molar-refractivity contribution < 1.29 is 14.3 Å². The van der Waals surface area contributed by atoms with Crippen LogP contribution in [0, 0.1) is 13.8 Å². The molecule has 1 aliphatic carbocycles. The quantitative estimate of drug-likeness (QED) is 0.778. The maximum Gasteiger partial charge on any atom is 0.340 e. The van der Waals surface area contributed by atoms with E-state index in [-0.39, 0.29) is 17.4 Å². The molecule has 26 heavy (non-hydrogen) atoms. The lowest BCUT2D eigenvalue weighted by Gasteiger charge is -2.16. The van der Waals surface area contributed by atoms with E-state index in [0.717, 1.165) is 12.8 Å². The topological polar surface area (TPSA) is 71.2 Å². The van der Waals surface area contributed by atoms with Crippen molar-refractivity contribution in [3.8, 4) is 0 Å². The third-order valence-corrected chi connectivity index (χ3v) is 5.04. The van der Waals surface area contributed by atoms with Gasteiger partial charge in [0, 0.05) is 17.7 Å². The van der Waals surface area contributed by atoms with Crippen molar-refractivity contribution in [2.75, 3.05) is 6.54 Å². The maximum absolute atomic E-state index is 12.7. The minimum Gasteiger partial charge on any atom is -0.459 e. The molecule has 0 saturated heterocycles. The second-order valence-electron chi connectivity index (χ2n) is 7.41. The number of rotatable bonds is 6. The molecule has 0 unspecified atom stereocenters. The first-order chi connectivity index (χ1) is 12.3. The number of ether oxygens (including phenoxy) is 1. The van der Waals surface area contributed by atoms with Gasteiger partial charge in [-0.3, -0.25) is 4.79 Å². The number of nitrogens with one attached hydrogen (secondary N) is 2. The van der Waals surface area contributed by atoms with Crippen molar-refractivity contribution >= 4 is 11.9 Å². The van der Waals surface area contributed by atoms with Crippen LogP contribution in [0.5, 0.6) is 0 Å². The van der Waals surface area contributed by atoms with Crippen LogP contribution in [0.2, 0.25) is 0 Å². The zero-order chi connectivity index (χ0) is 18.9. The molecule has 5 heteroatoms. The summed E-state index contributed by atoms with van der Waals surface area (Å²) in [5, 5.41) is 3.04. The summed E-state index contributed by atoms with van der Waals surface area (Å²) >= 11 is 0. The molecule has 1 aliphatic rings. The summed E-state index contributed by atoms with van der Waals surface area (Å²) in [6.45, 7) is 7.77. The largest absolute Gasteiger partial charge is 0.459 e. The van der Waals surface area contributed by atoms with E-state index >= 15 is 0 Å². The minimum absolute atomic E-state index is 0.0475. The van der Waals surface area contributed by atoms with Crippen LogP contribution in [0.4, 0.5) is 0 Å². The Morgan fingerprint density at radius 1 is 1.19 bits per heavy atom. The van der Waals surface area contributed by atoms with Crippen molar-refractivity contribution in [2.24, 2.45) is 0 Å². The van der Waals surface area contributed by atoms with Crippen molar-refractivity contribution in [1.29, 1.82) is 0 Å². The predicted molar refractivity (Wildman–Crippen MR) is 101 cm³/mol. The monoisotopic (exact) mass is 354 g/mol. The number of carbonyl (C=O) groups is 2. The lowest BCUT2D eigenvalue weighted by Crippen LogP contribution is -2.32. The average molecular weight is 354 g/mol. The Balaban J connectivity index is 1.72. The molecule has 0 atom stereocenters. The fraction of sp³-hybridized carbons (Fsp3) is 0.429. The van der Waals surface area contributed by atoms with Gasteiger partial charge in [0.15, 0.2) is 0 Å². The summed E-state index contributed by atoms with van der Waals surface area (Å²) in [7, 11) is 0. The molecule has 1 aromatic heterocycles. The maximum atomic E-state index is 12.7. The summed E-state index contributed by atoms with van der Waals surface area (Å²) in [6.07, 6.45) is 1.95. The van der Waals surface area contributed by atoms with Crippen molar-refractivity contribution in [2.45, 2.75) is 52.1 Å². The molecule has 1 amide bonds. The van der Waals surface area contributed by atoms with Crippen LogP contribution in [-0.2, 0) is 10.2 Å². The summed E-state index contributed by atoms with van der Waals surface area (Å²) in [4.78, 5) is 28.0. The van der Waals surface area contributed by atoms with Gasteiger partial charge in [-0.25, -0.2) is 4.79 Å². The normalized spacial score (nSPS) is 15.0. The lowest BCUT2D eigenvalue weighted by atomic mass is 9.96. The Labute approximate surface area is 154 Å². The fourth-order valence-corrected chi connectivity index (χ4v) is 3.40. The molecule has 1 heterocycles. The van der Waals surface area contributed by atoms with Crippen LogP contribution >= 0.6 is 0 Å². The van der Waals surface area contributed by atoms with E-state index in [9.17, 15) is 9.59 Å². The van der Waals surface area contributed by atoms with Gasteiger partial charge < -0.3 is 15.0 Å². The zero-order valence-corrected chi connectivity index (χ0v) is 15.8. The van der Waals surface area contributed by atoms with Crippen LogP contribution in [0.1, 0.15) is 64.4 Å². The fourth-order valence-electron chi connectivity index (χ4n) is 3.40. The first-order valence-electron chi connectivity index (χ1n) is 9.08. The summed E-state index contributed by atoms with van der Waals surface area (Å²) in [5.74, 6) is -0.579. The summed E-state index contributed by atoms with van der Waals surface area (Å²) < 4.78 is 5.28. The SMILES string of the molecule is Cc1[nH]c(C(=O)NCC2(c3ccccc3)CC2)c(C)c1C(=O)OC(C)C. The Bertz CT molecular complexity index is 817. The number of aryl methyl sites for hydroxylation is 1. The zero-order valence-electron chi connectivity index (χ0n) is 15.8. The molecule has 138 valence electrons. The Kier molecular flexibility index (Phi) is 4.90. The highest BCUT2D eigenvalue weighted by Crippen LogP contribution is 2.47. The van der Waals surface area contributed by atoms with E-state index in [4.69, 9.17) is 4.74 Å². The molecule has 0 aliphatic heterocycles. The van der Waals surface area contributed by atoms with E-state index in [1.807, 2.05) is 32.0 Å². The van der Waals surface area contributed by atoms with Gasteiger partial charge in [-0.2, -0.15) is 0 Å². The van der Waals surface area contributed by atoms with Gasteiger partial charge in [-0.1, -0.05) is 30.3 Å². The van der Waals surface area contributed by atoms with Crippen molar-refractivity contribution in [3.63, 3.8) is 0 Å². The van der Waals surface area contributed by atoms with Gasteiger partial charge in [0.25, 0.3) is 5.91 Å². The Morgan fingerprint density at radius 3 is 2.42 bits per heavy atom. The van der Waals surface area contributed by atoms with E-state index in [0.29, 0.717) is 29.1 Å². The Hall–Kier alpha value is -2.56. The number of esters is 1. The van der Waals surface area contributed by atoms with Crippen LogP contribution in [-0.4, -0.2) is 29.5 Å². The van der Waals surface area contributed by atoms with E-state index in [1.165, 1.54) is 5.56 Å². The molecule has 2 aromatic rings. The third-order valence-electron chi connectivity index (χ3n) is 5.04. The molecule has 5 nitrogen and oxygen atoms in total. The van der Waals surface area contributed by atoms with Gasteiger partial charge in [-0.05, 0) is 51.7 Å². The highest BCUT2D eigenvalue weighted by molar-refractivity contribution is 6.00. The number of hydrogen-bond acceptors (Lipinski definition) is 3. The van der Waals surface area contributed by atoms with E-state index in [2.05, 4.69) is 22.4 Å². The molecular formula is C21H26N2O3. The molecular weight excluding hydrogens is 328 g/mol. The van der Waals surface area contributed by atoms with Crippen LogP contribution in [0.15, 0.2) is 30.3 Å². The van der Waals surface area contributed by atoms with Crippen molar-refractivity contribution in [1.82, 2.24) is 10.3 Å². The number of hydrogen-bond donors (Lipinski definition) is 2. The molecule has 1 fully saturated rings. The molecule has 2 N–H and O–H groups in total. The number of aromatic nitrogens is 1. The lowest BCUT2D eigenvalue weighted by molar-refractivity contribution is 0.0376. The molecule has 0 spiro atoms. The number of aromatic amines is 1. The number of amides is 1. The third kappa shape index (κ3) is 3.52. The average Bonchev–Trinajstić information content (AvgIpc) is 3.33. The van der Waals surface area contributed by atoms with Gasteiger partial charge >= 0.3 is 5.97 Å². The van der Waals surface area contributed by atoms with Crippen LogP contribution < -0.4 is 5.32 Å². The molecule has 1 saturated carbocycles. The molecule has 3 rings (SSSR count). The first kappa shape index (κ1) is 18.2. The highest BCUT2D eigenvalue weighted by atomic mass is 16.5. The van der Waals surface area contributed by atoms with Crippen molar-refractivity contribution in [3.05, 3.63) is 58.4 Å². The summed E-state index contributed by atoms with van der Waals surface area (Å²) in [6, 6.07) is 10.3. The van der Waals surface area contributed by atoms with Gasteiger partial charge in [0.2, 0.25) is 0 Å². The van der Waals surface area contributed by atoms with Crippen LogP contribution in [0.3, 0.4) is 0 Å². The van der Waals surface area contributed by atoms with E-state index < -0.39 is 5.97 Å². The number of carbonyl (C=O) groups excluding carboxylic acids is 2. The van der Waals surface area contributed by atoms with Gasteiger partial charge in [-0.15, -0.1) is 0 Å². The van der Waals surface area contributed by atoms with Crippen LogP contribution in [0.25, 0.3) is 0 Å². The molecule has 0 bridgehead atoms. The molecule has 0 radical (unpaired) electrons. The smallest absolute Gasteiger partial charge is 0.340 e. The van der Waals surface area contributed by atoms with Gasteiger partial charge in [0.05, 0.1) is 11.7 Å². The summed E-state index contributed by atoms with van der Waals surface area (Å²) in [5.41, 5.74) is 3.49. The highest BCUT2D eigenvalue weighted by Gasteiger charge is 2.44. The second kappa shape index (κ2) is 6.98. The van der Waals surface area contributed by atoms with Gasteiger partial charge in [0.1, 0.15) is 5.69 Å². The number of benzene rings is 1. The second-order valence-corrected chi connectivity index (χ2v) is 7.41. The predicted octanol–water partition coefficient (Wildman–Crippen LogP) is 3.66. The minimum atomic E-state index is -0.395. The molecule has 1 aromatic carbocycles. The standard InChI is InChI=1S/C21H26N2O3/c1-13(2)26-20(25)17-14(3)18(23-15(17)4)19(24)22-12-21(10-11-21)16-8-6-5-7-9-16/h5-9,13,23H,10-12H2,1-4H3,(H,22,24).